The van der Waals surface area contributed by atoms with Gasteiger partial charge in [-0.05, 0) is 67.5 Å². The van der Waals surface area contributed by atoms with E-state index in [0.717, 1.165) is 50.3 Å². The molecule has 4 rings (SSSR count). The first-order valence-corrected chi connectivity index (χ1v) is 10.6. The van der Waals surface area contributed by atoms with Gasteiger partial charge in [0.15, 0.2) is 6.61 Å². The van der Waals surface area contributed by atoms with E-state index < -0.39 is 0 Å². The maximum atomic E-state index is 12.9. The number of nitrogens with one attached hydrogen (secondary N) is 1. The molecular formula is C24H28N2O5. The second kappa shape index (κ2) is 9.29. The van der Waals surface area contributed by atoms with Gasteiger partial charge in [0, 0.05) is 24.7 Å². The Kier molecular flexibility index (Phi) is 6.30. The van der Waals surface area contributed by atoms with Crippen molar-refractivity contribution in [3.8, 4) is 17.2 Å². The molecule has 0 unspecified atom stereocenters. The minimum atomic E-state index is -0.180. The predicted octanol–water partition coefficient (Wildman–Crippen LogP) is 3.52. The summed E-state index contributed by atoms with van der Waals surface area (Å²) in [5.74, 6) is 2.59. The Labute approximate surface area is 182 Å². The highest BCUT2D eigenvalue weighted by molar-refractivity contribution is 5.99. The van der Waals surface area contributed by atoms with E-state index in [1.807, 2.05) is 11.0 Å². The number of likely N-dealkylation sites (tertiary alicyclic amines) is 1. The van der Waals surface area contributed by atoms with E-state index in [2.05, 4.69) is 17.4 Å². The van der Waals surface area contributed by atoms with Crippen LogP contribution in [0.15, 0.2) is 36.4 Å². The van der Waals surface area contributed by atoms with Crippen LogP contribution in [0.5, 0.6) is 17.2 Å². The molecule has 1 fully saturated rings. The van der Waals surface area contributed by atoms with Crippen LogP contribution in [0.2, 0.25) is 0 Å². The van der Waals surface area contributed by atoms with Crippen molar-refractivity contribution in [3.63, 3.8) is 0 Å². The zero-order chi connectivity index (χ0) is 21.8. The largest absolute Gasteiger partial charge is 0.497 e. The van der Waals surface area contributed by atoms with E-state index in [0.29, 0.717) is 22.9 Å². The number of carbonyl (C=O) groups excluding carboxylic acids is 2. The average Bonchev–Trinajstić information content (AvgIpc) is 2.82. The molecule has 31 heavy (non-hydrogen) atoms. The van der Waals surface area contributed by atoms with Gasteiger partial charge in [0.1, 0.15) is 17.2 Å². The summed E-state index contributed by atoms with van der Waals surface area (Å²) in [7, 11) is 3.33. The molecule has 0 radical (unpaired) electrons. The minimum Gasteiger partial charge on any atom is -0.497 e. The Morgan fingerprint density at radius 1 is 1.10 bits per heavy atom. The topological polar surface area (TPSA) is 77.1 Å². The zero-order valence-electron chi connectivity index (χ0n) is 18.0. The summed E-state index contributed by atoms with van der Waals surface area (Å²) in [4.78, 5) is 26.2. The molecule has 2 aromatic carbocycles. The van der Waals surface area contributed by atoms with E-state index >= 15 is 0 Å². The van der Waals surface area contributed by atoms with E-state index in [1.165, 1.54) is 5.56 Å². The number of carbonyl (C=O) groups is 2. The van der Waals surface area contributed by atoms with Crippen LogP contribution >= 0.6 is 0 Å². The number of nitrogens with zero attached hydrogens (tertiary/aromatic N) is 1. The molecule has 164 valence electrons. The number of amides is 2. The van der Waals surface area contributed by atoms with E-state index in [9.17, 15) is 9.59 Å². The second-order valence-electron chi connectivity index (χ2n) is 8.04. The molecule has 7 heteroatoms. The van der Waals surface area contributed by atoms with Crippen LogP contribution in [0.25, 0.3) is 0 Å². The van der Waals surface area contributed by atoms with Gasteiger partial charge in [0.25, 0.3) is 11.8 Å². The van der Waals surface area contributed by atoms with Gasteiger partial charge < -0.3 is 24.4 Å². The molecule has 2 aromatic rings. The molecule has 0 spiro atoms. The SMILES string of the molecule is COc1cc(CCC2CCN(C(=O)c3ccc4c(c3)OCC(=O)N4)CC2)cc(OC)c1. The Bertz CT molecular complexity index is 944. The lowest BCUT2D eigenvalue weighted by molar-refractivity contribution is -0.118. The fourth-order valence-corrected chi connectivity index (χ4v) is 4.20. The molecule has 0 bridgehead atoms. The predicted molar refractivity (Wildman–Crippen MR) is 117 cm³/mol. The van der Waals surface area contributed by atoms with Crippen LogP contribution in [0.3, 0.4) is 0 Å². The number of fused-ring (bicyclic) bond motifs is 1. The number of hydrogen-bond acceptors (Lipinski definition) is 5. The fourth-order valence-electron chi connectivity index (χ4n) is 4.20. The summed E-state index contributed by atoms with van der Waals surface area (Å²) >= 11 is 0. The summed E-state index contributed by atoms with van der Waals surface area (Å²) in [5.41, 5.74) is 2.41. The number of ether oxygens (including phenoxy) is 3. The number of hydrogen-bond donors (Lipinski definition) is 1. The van der Waals surface area contributed by atoms with Gasteiger partial charge in [-0.15, -0.1) is 0 Å². The molecule has 0 saturated carbocycles. The molecular weight excluding hydrogens is 396 g/mol. The lowest BCUT2D eigenvalue weighted by Gasteiger charge is -2.32. The average molecular weight is 424 g/mol. The molecule has 0 aromatic heterocycles. The van der Waals surface area contributed by atoms with E-state index in [4.69, 9.17) is 14.2 Å². The standard InChI is InChI=1S/C24H28N2O5/c1-29-19-11-17(12-20(14-19)30-2)4-3-16-7-9-26(10-8-16)24(28)18-5-6-21-22(13-18)31-15-23(27)25-21/h5-6,11-14,16H,3-4,7-10,15H2,1-2H3,(H,25,27). The van der Waals surface area contributed by atoms with Crippen LogP contribution in [0.1, 0.15) is 35.2 Å². The zero-order valence-corrected chi connectivity index (χ0v) is 18.0. The van der Waals surface area contributed by atoms with Gasteiger partial charge in [0.2, 0.25) is 0 Å². The molecule has 0 aliphatic carbocycles. The first-order valence-electron chi connectivity index (χ1n) is 10.6. The van der Waals surface area contributed by atoms with Crippen LogP contribution in [0, 0.1) is 5.92 Å². The minimum absolute atomic E-state index is 0.0132. The van der Waals surface area contributed by atoms with Crippen molar-refractivity contribution >= 4 is 17.5 Å². The van der Waals surface area contributed by atoms with Crippen molar-refractivity contribution < 1.29 is 23.8 Å². The van der Waals surface area contributed by atoms with E-state index in [-0.39, 0.29) is 18.4 Å². The van der Waals surface area contributed by atoms with Crippen molar-refractivity contribution in [2.45, 2.75) is 25.7 Å². The molecule has 0 atom stereocenters. The summed E-state index contributed by atoms with van der Waals surface area (Å²) in [5, 5.41) is 2.75. The smallest absolute Gasteiger partial charge is 0.262 e. The lowest BCUT2D eigenvalue weighted by Crippen LogP contribution is -2.38. The summed E-state index contributed by atoms with van der Waals surface area (Å²) in [6.45, 7) is 1.48. The number of aryl methyl sites for hydroxylation is 1. The van der Waals surface area contributed by atoms with Crippen molar-refractivity contribution in [1.29, 1.82) is 0 Å². The first-order chi connectivity index (χ1) is 15.1. The van der Waals surface area contributed by atoms with Crippen LogP contribution < -0.4 is 19.5 Å². The summed E-state index contributed by atoms with van der Waals surface area (Å²) in [6, 6.07) is 11.2. The normalized spacial score (nSPS) is 16.2. The third-order valence-corrected chi connectivity index (χ3v) is 6.02. The maximum absolute atomic E-state index is 12.9. The highest BCUT2D eigenvalue weighted by atomic mass is 16.5. The van der Waals surface area contributed by atoms with Gasteiger partial charge in [-0.25, -0.2) is 0 Å². The highest BCUT2D eigenvalue weighted by Gasteiger charge is 2.25. The van der Waals surface area contributed by atoms with Gasteiger partial charge in [-0.1, -0.05) is 0 Å². The number of benzene rings is 2. The third-order valence-electron chi connectivity index (χ3n) is 6.02. The number of rotatable bonds is 6. The number of anilines is 1. The Morgan fingerprint density at radius 3 is 2.48 bits per heavy atom. The van der Waals surface area contributed by atoms with Crippen LogP contribution in [0.4, 0.5) is 5.69 Å². The van der Waals surface area contributed by atoms with Crippen LogP contribution in [-0.2, 0) is 11.2 Å². The van der Waals surface area contributed by atoms with Crippen LogP contribution in [-0.4, -0.2) is 50.6 Å². The first kappa shape index (κ1) is 21.0. The van der Waals surface area contributed by atoms with Gasteiger partial charge in [0.05, 0.1) is 19.9 Å². The van der Waals surface area contributed by atoms with Crippen molar-refractivity contribution in [2.75, 3.05) is 39.2 Å². The number of piperidine rings is 1. The molecule has 2 heterocycles. The Hall–Kier alpha value is -3.22. The molecule has 2 amide bonds. The van der Waals surface area contributed by atoms with Crippen molar-refractivity contribution in [2.24, 2.45) is 5.92 Å². The van der Waals surface area contributed by atoms with Crippen molar-refractivity contribution in [1.82, 2.24) is 4.90 Å². The maximum Gasteiger partial charge on any atom is 0.262 e. The van der Waals surface area contributed by atoms with E-state index in [1.54, 1.807) is 32.4 Å². The quantitative estimate of drug-likeness (QED) is 0.768. The molecule has 7 nitrogen and oxygen atoms in total. The third kappa shape index (κ3) is 4.93. The molecule has 2 aliphatic rings. The lowest BCUT2D eigenvalue weighted by atomic mass is 9.90. The second-order valence-corrected chi connectivity index (χ2v) is 8.04. The van der Waals surface area contributed by atoms with Crippen molar-refractivity contribution in [3.05, 3.63) is 47.5 Å². The van der Waals surface area contributed by atoms with Gasteiger partial charge in [-0.2, -0.15) is 0 Å². The Morgan fingerprint density at radius 2 is 1.81 bits per heavy atom. The fraction of sp³-hybridized carbons (Fsp3) is 0.417. The summed E-state index contributed by atoms with van der Waals surface area (Å²) in [6.07, 6.45) is 4.01. The Balaban J connectivity index is 1.31. The molecule has 2 aliphatic heterocycles. The monoisotopic (exact) mass is 424 g/mol. The summed E-state index contributed by atoms with van der Waals surface area (Å²) < 4.78 is 16.2. The highest BCUT2D eigenvalue weighted by Crippen LogP contribution is 2.30. The van der Waals surface area contributed by atoms with Gasteiger partial charge >= 0.3 is 0 Å². The molecule has 1 N–H and O–H groups in total. The molecule has 1 saturated heterocycles. The van der Waals surface area contributed by atoms with Gasteiger partial charge in [-0.3, -0.25) is 9.59 Å². The number of methoxy groups -OCH3 is 2.